The zero-order valence-electron chi connectivity index (χ0n) is 14.1. The molecular formula is C20H22FNO3. The largest absolute Gasteiger partial charge is 0.481 e. The summed E-state index contributed by atoms with van der Waals surface area (Å²) in [6.07, 6.45) is 1.43. The molecule has 1 saturated carbocycles. The van der Waals surface area contributed by atoms with Gasteiger partial charge in [0.15, 0.2) is 6.10 Å². The summed E-state index contributed by atoms with van der Waals surface area (Å²) in [4.78, 5) is 12.5. The van der Waals surface area contributed by atoms with Crippen molar-refractivity contribution in [2.75, 3.05) is 0 Å². The average molecular weight is 343 g/mol. The van der Waals surface area contributed by atoms with E-state index < -0.39 is 6.10 Å². The maximum absolute atomic E-state index is 13.1. The molecule has 0 aliphatic heterocycles. The third-order valence-corrected chi connectivity index (χ3v) is 4.38. The van der Waals surface area contributed by atoms with Crippen LogP contribution in [0.25, 0.3) is 0 Å². The Morgan fingerprint density at radius 1 is 1.28 bits per heavy atom. The van der Waals surface area contributed by atoms with Crippen LogP contribution in [0, 0.1) is 11.7 Å². The molecule has 0 bridgehead atoms. The van der Waals surface area contributed by atoms with Crippen LogP contribution >= 0.6 is 0 Å². The molecule has 5 heteroatoms. The summed E-state index contributed by atoms with van der Waals surface area (Å²) >= 11 is 0. The second-order valence-electron chi connectivity index (χ2n) is 6.44. The highest BCUT2D eigenvalue weighted by Crippen LogP contribution is 2.41. The molecule has 2 aromatic rings. The van der Waals surface area contributed by atoms with E-state index in [9.17, 15) is 14.3 Å². The van der Waals surface area contributed by atoms with Crippen molar-refractivity contribution in [3.8, 4) is 5.75 Å². The van der Waals surface area contributed by atoms with Crippen molar-refractivity contribution in [2.24, 2.45) is 5.92 Å². The van der Waals surface area contributed by atoms with Gasteiger partial charge in [-0.05, 0) is 61.1 Å². The highest BCUT2D eigenvalue weighted by Gasteiger charge is 2.34. The summed E-state index contributed by atoms with van der Waals surface area (Å²) in [5, 5.41) is 12.2. The second-order valence-corrected chi connectivity index (χ2v) is 6.44. The second kappa shape index (κ2) is 7.66. The molecule has 1 aliphatic carbocycles. The number of nitrogens with one attached hydrogen (secondary N) is 1. The zero-order valence-corrected chi connectivity index (χ0v) is 14.1. The number of carbonyl (C=O) groups excluding carboxylic acids is 1. The van der Waals surface area contributed by atoms with Crippen molar-refractivity contribution < 1.29 is 19.0 Å². The van der Waals surface area contributed by atoms with E-state index >= 15 is 0 Å². The Labute approximate surface area is 146 Å². The van der Waals surface area contributed by atoms with Crippen LogP contribution in [0.15, 0.2) is 48.5 Å². The van der Waals surface area contributed by atoms with Crippen LogP contribution in [0.4, 0.5) is 4.39 Å². The van der Waals surface area contributed by atoms with Crippen molar-refractivity contribution in [2.45, 2.75) is 38.5 Å². The molecule has 0 heterocycles. The van der Waals surface area contributed by atoms with E-state index in [-0.39, 0.29) is 24.4 Å². The van der Waals surface area contributed by atoms with E-state index in [0.717, 1.165) is 24.0 Å². The van der Waals surface area contributed by atoms with Gasteiger partial charge in [0.1, 0.15) is 11.6 Å². The highest BCUT2D eigenvalue weighted by molar-refractivity contribution is 5.81. The normalized spacial score (nSPS) is 16.1. The molecule has 2 aromatic carbocycles. The molecule has 0 spiro atoms. The molecule has 2 N–H and O–H groups in total. The molecule has 1 amide bonds. The third-order valence-electron chi connectivity index (χ3n) is 4.38. The fourth-order valence-corrected chi connectivity index (χ4v) is 2.82. The van der Waals surface area contributed by atoms with Gasteiger partial charge in [0.05, 0.1) is 12.6 Å². The average Bonchev–Trinajstić information content (AvgIpc) is 3.45. The standard InChI is InChI=1S/C20H22FNO3/c1-13(25-18-4-2-3-14(11-18)12-23)20(24)22-19(15-5-6-15)16-7-9-17(21)10-8-16/h2-4,7-11,13,15,19,23H,5-6,12H2,1H3,(H,22,24). The van der Waals surface area contributed by atoms with Crippen LogP contribution in [0.3, 0.4) is 0 Å². The summed E-state index contributed by atoms with van der Waals surface area (Å²) in [6.45, 7) is 1.61. The maximum Gasteiger partial charge on any atom is 0.261 e. The zero-order chi connectivity index (χ0) is 17.8. The Bertz CT molecular complexity index is 728. The number of benzene rings is 2. The molecular weight excluding hydrogens is 321 g/mol. The monoisotopic (exact) mass is 343 g/mol. The number of carbonyl (C=O) groups is 1. The van der Waals surface area contributed by atoms with Crippen LogP contribution in [-0.4, -0.2) is 17.1 Å². The van der Waals surface area contributed by atoms with E-state index in [1.165, 1.54) is 12.1 Å². The van der Waals surface area contributed by atoms with E-state index in [1.807, 2.05) is 0 Å². The van der Waals surface area contributed by atoms with Crippen molar-refractivity contribution in [1.82, 2.24) is 5.32 Å². The fourth-order valence-electron chi connectivity index (χ4n) is 2.82. The van der Waals surface area contributed by atoms with Gasteiger partial charge in [0.25, 0.3) is 5.91 Å². The van der Waals surface area contributed by atoms with Crippen molar-refractivity contribution in [3.05, 3.63) is 65.5 Å². The maximum atomic E-state index is 13.1. The Morgan fingerprint density at radius 3 is 2.64 bits per heavy atom. The Morgan fingerprint density at radius 2 is 2.00 bits per heavy atom. The van der Waals surface area contributed by atoms with Crippen LogP contribution in [0.2, 0.25) is 0 Å². The minimum atomic E-state index is -0.671. The molecule has 25 heavy (non-hydrogen) atoms. The smallest absolute Gasteiger partial charge is 0.261 e. The van der Waals surface area contributed by atoms with Crippen LogP contribution in [0.1, 0.15) is 36.9 Å². The van der Waals surface area contributed by atoms with E-state index in [0.29, 0.717) is 11.7 Å². The Balaban J connectivity index is 1.65. The molecule has 1 aliphatic rings. The summed E-state index contributed by atoms with van der Waals surface area (Å²) in [5.41, 5.74) is 1.64. The van der Waals surface area contributed by atoms with Gasteiger partial charge in [-0.2, -0.15) is 0 Å². The van der Waals surface area contributed by atoms with Crippen LogP contribution in [0.5, 0.6) is 5.75 Å². The lowest BCUT2D eigenvalue weighted by Gasteiger charge is -2.22. The minimum absolute atomic E-state index is 0.0773. The minimum Gasteiger partial charge on any atom is -0.481 e. The van der Waals surface area contributed by atoms with Gasteiger partial charge in [-0.3, -0.25) is 4.79 Å². The highest BCUT2D eigenvalue weighted by atomic mass is 19.1. The molecule has 1 fully saturated rings. The van der Waals surface area contributed by atoms with Crippen LogP contribution < -0.4 is 10.1 Å². The molecule has 0 radical (unpaired) electrons. The predicted molar refractivity (Wildman–Crippen MR) is 92.5 cm³/mol. The molecule has 2 atom stereocenters. The van der Waals surface area contributed by atoms with Gasteiger partial charge in [0.2, 0.25) is 0 Å². The fraction of sp³-hybridized carbons (Fsp3) is 0.350. The Hall–Kier alpha value is -2.40. The first-order valence-electron chi connectivity index (χ1n) is 8.49. The van der Waals surface area contributed by atoms with Gasteiger partial charge in [-0.1, -0.05) is 24.3 Å². The molecule has 2 unspecified atom stereocenters. The van der Waals surface area contributed by atoms with Crippen molar-refractivity contribution in [3.63, 3.8) is 0 Å². The van der Waals surface area contributed by atoms with Crippen molar-refractivity contribution >= 4 is 5.91 Å². The number of hydrogen-bond acceptors (Lipinski definition) is 3. The number of aliphatic hydroxyl groups is 1. The van der Waals surface area contributed by atoms with Gasteiger partial charge in [-0.25, -0.2) is 4.39 Å². The number of amides is 1. The molecule has 4 nitrogen and oxygen atoms in total. The summed E-state index contributed by atoms with van der Waals surface area (Å²) in [7, 11) is 0. The van der Waals surface area contributed by atoms with Crippen LogP contribution in [-0.2, 0) is 11.4 Å². The van der Waals surface area contributed by atoms with Crippen molar-refractivity contribution in [1.29, 1.82) is 0 Å². The summed E-state index contributed by atoms with van der Waals surface area (Å²) < 4.78 is 18.8. The number of rotatable bonds is 7. The quantitative estimate of drug-likeness (QED) is 0.810. The SMILES string of the molecule is CC(Oc1cccc(CO)c1)C(=O)NC(c1ccc(F)cc1)C1CC1. The molecule has 0 aromatic heterocycles. The van der Waals surface area contributed by atoms with E-state index in [4.69, 9.17) is 4.74 Å². The van der Waals surface area contributed by atoms with Gasteiger partial charge < -0.3 is 15.2 Å². The lowest BCUT2D eigenvalue weighted by atomic mass is 10.0. The molecule has 3 rings (SSSR count). The summed E-state index contributed by atoms with van der Waals surface area (Å²) in [6, 6.07) is 13.2. The predicted octanol–water partition coefficient (Wildman–Crippen LogP) is 3.35. The lowest BCUT2D eigenvalue weighted by molar-refractivity contribution is -0.128. The molecule has 0 saturated heterocycles. The summed E-state index contributed by atoms with van der Waals surface area (Å²) in [5.74, 6) is 0.430. The Kier molecular flexibility index (Phi) is 5.34. The van der Waals surface area contributed by atoms with Gasteiger partial charge >= 0.3 is 0 Å². The third kappa shape index (κ3) is 4.57. The van der Waals surface area contributed by atoms with E-state index in [2.05, 4.69) is 5.32 Å². The number of hydrogen-bond donors (Lipinski definition) is 2. The number of halogens is 1. The molecule has 132 valence electrons. The van der Waals surface area contributed by atoms with Gasteiger partial charge in [0, 0.05) is 0 Å². The first kappa shape index (κ1) is 17.4. The first-order chi connectivity index (χ1) is 12.1. The lowest BCUT2D eigenvalue weighted by Crippen LogP contribution is -2.39. The van der Waals surface area contributed by atoms with E-state index in [1.54, 1.807) is 43.3 Å². The number of ether oxygens (including phenoxy) is 1. The topological polar surface area (TPSA) is 58.6 Å². The number of aliphatic hydroxyl groups excluding tert-OH is 1. The van der Waals surface area contributed by atoms with Gasteiger partial charge in [-0.15, -0.1) is 0 Å². The first-order valence-corrected chi connectivity index (χ1v) is 8.49.